The second kappa shape index (κ2) is 5.80. The number of carbonyl (C=O) groups excluding carboxylic acids is 1. The number of benzene rings is 1. The van der Waals surface area contributed by atoms with Crippen molar-refractivity contribution in [3.63, 3.8) is 0 Å². The molecule has 0 saturated heterocycles. The minimum absolute atomic E-state index is 0.0159. The Morgan fingerprint density at radius 1 is 1.37 bits per heavy atom. The molecule has 0 aliphatic rings. The summed E-state index contributed by atoms with van der Waals surface area (Å²) in [7, 11) is 0. The molecule has 0 fully saturated rings. The van der Waals surface area contributed by atoms with Crippen molar-refractivity contribution in [2.75, 3.05) is 0 Å². The number of hydrogen-bond donors (Lipinski definition) is 0. The number of rotatable bonds is 4. The lowest BCUT2D eigenvalue weighted by molar-refractivity contribution is 0.111. The van der Waals surface area contributed by atoms with Crippen molar-refractivity contribution in [3.8, 4) is 5.75 Å². The monoisotopic (exact) mass is 279 g/mol. The topological polar surface area (TPSA) is 39.2 Å². The normalized spacial score (nSPS) is 10.3. The summed E-state index contributed by atoms with van der Waals surface area (Å²) in [5.74, 6) is -0.197. The molecule has 0 unspecified atom stereocenters. The Balaban J connectivity index is 2.19. The Morgan fingerprint density at radius 3 is 2.89 bits per heavy atom. The van der Waals surface area contributed by atoms with Gasteiger partial charge in [0.2, 0.25) is 0 Å². The molecule has 0 bridgehead atoms. The van der Waals surface area contributed by atoms with Crippen molar-refractivity contribution in [1.82, 2.24) is 4.98 Å². The standard InChI is InChI=1S/C14H11ClFNO2/c1-9-5-6-13(12(7-18)17-9)19-8-10-3-2-4-11(15)14(10)16/h2-7H,8H2,1H3. The minimum Gasteiger partial charge on any atom is -0.486 e. The first-order valence-electron chi connectivity index (χ1n) is 5.60. The van der Waals surface area contributed by atoms with Crippen LogP contribution in [0.3, 0.4) is 0 Å². The van der Waals surface area contributed by atoms with Crippen LogP contribution in [-0.4, -0.2) is 11.3 Å². The quantitative estimate of drug-likeness (QED) is 0.803. The van der Waals surface area contributed by atoms with E-state index in [1.54, 1.807) is 31.2 Å². The summed E-state index contributed by atoms with van der Waals surface area (Å²) in [6.07, 6.45) is 0.608. The van der Waals surface area contributed by atoms with Gasteiger partial charge in [0.15, 0.2) is 6.29 Å². The first-order valence-corrected chi connectivity index (χ1v) is 5.98. The van der Waals surface area contributed by atoms with E-state index in [-0.39, 0.29) is 17.3 Å². The van der Waals surface area contributed by atoms with Crippen LogP contribution in [0, 0.1) is 12.7 Å². The average Bonchev–Trinajstić information content (AvgIpc) is 2.41. The Kier molecular flexibility index (Phi) is 4.12. The third kappa shape index (κ3) is 3.09. The van der Waals surface area contributed by atoms with Crippen LogP contribution in [0.4, 0.5) is 4.39 Å². The Bertz CT molecular complexity index is 616. The van der Waals surface area contributed by atoms with E-state index in [4.69, 9.17) is 16.3 Å². The fourth-order valence-corrected chi connectivity index (χ4v) is 1.78. The SMILES string of the molecule is Cc1ccc(OCc2cccc(Cl)c2F)c(C=O)n1. The van der Waals surface area contributed by atoms with Crippen LogP contribution in [0.5, 0.6) is 5.75 Å². The smallest absolute Gasteiger partial charge is 0.172 e. The number of ether oxygens (including phenoxy) is 1. The van der Waals surface area contributed by atoms with Gasteiger partial charge in [-0.1, -0.05) is 23.7 Å². The Morgan fingerprint density at radius 2 is 2.16 bits per heavy atom. The van der Waals surface area contributed by atoms with Crippen LogP contribution in [-0.2, 0) is 6.61 Å². The highest BCUT2D eigenvalue weighted by Gasteiger charge is 2.09. The highest BCUT2D eigenvalue weighted by Crippen LogP contribution is 2.21. The predicted octanol–water partition coefficient (Wildman–Crippen LogP) is 3.57. The second-order valence-corrected chi connectivity index (χ2v) is 4.36. The average molecular weight is 280 g/mol. The van der Waals surface area contributed by atoms with Gasteiger partial charge in [-0.05, 0) is 25.1 Å². The van der Waals surface area contributed by atoms with E-state index in [1.165, 1.54) is 6.07 Å². The largest absolute Gasteiger partial charge is 0.486 e. The maximum atomic E-state index is 13.7. The number of aldehydes is 1. The molecular formula is C14H11ClFNO2. The van der Waals surface area contributed by atoms with Crippen LogP contribution >= 0.6 is 11.6 Å². The third-order valence-corrected chi connectivity index (χ3v) is 2.84. The summed E-state index contributed by atoms with van der Waals surface area (Å²) in [5.41, 5.74) is 1.23. The highest BCUT2D eigenvalue weighted by molar-refractivity contribution is 6.30. The molecule has 0 N–H and O–H groups in total. The maximum Gasteiger partial charge on any atom is 0.172 e. The van der Waals surface area contributed by atoms with E-state index in [0.717, 1.165) is 0 Å². The predicted molar refractivity (Wildman–Crippen MR) is 70.1 cm³/mol. The van der Waals surface area contributed by atoms with Crippen LogP contribution in [0.2, 0.25) is 5.02 Å². The number of pyridine rings is 1. The molecule has 0 aliphatic heterocycles. The molecule has 0 atom stereocenters. The summed E-state index contributed by atoms with van der Waals surface area (Å²) in [5, 5.41) is 0.0405. The molecule has 0 saturated carbocycles. The molecule has 1 aromatic heterocycles. The van der Waals surface area contributed by atoms with Crippen LogP contribution < -0.4 is 4.74 Å². The van der Waals surface area contributed by atoms with E-state index < -0.39 is 5.82 Å². The lowest BCUT2D eigenvalue weighted by Crippen LogP contribution is -2.02. The number of halogens is 2. The molecule has 0 amide bonds. The number of nitrogens with zero attached hydrogens (tertiary/aromatic N) is 1. The van der Waals surface area contributed by atoms with Crippen molar-refractivity contribution in [2.24, 2.45) is 0 Å². The van der Waals surface area contributed by atoms with Gasteiger partial charge < -0.3 is 4.74 Å². The molecule has 0 aliphatic carbocycles. The molecule has 3 nitrogen and oxygen atoms in total. The Labute approximate surface area is 115 Å². The zero-order valence-corrected chi connectivity index (χ0v) is 10.9. The van der Waals surface area contributed by atoms with Gasteiger partial charge in [0, 0.05) is 11.3 Å². The Hall–Kier alpha value is -1.94. The van der Waals surface area contributed by atoms with Crippen molar-refractivity contribution in [3.05, 3.63) is 58.1 Å². The summed E-state index contributed by atoms with van der Waals surface area (Å²) < 4.78 is 19.1. The van der Waals surface area contributed by atoms with Crippen molar-refractivity contribution < 1.29 is 13.9 Å². The number of hydrogen-bond acceptors (Lipinski definition) is 3. The van der Waals surface area contributed by atoms with E-state index in [9.17, 15) is 9.18 Å². The van der Waals surface area contributed by atoms with E-state index in [1.807, 2.05) is 0 Å². The van der Waals surface area contributed by atoms with Gasteiger partial charge in [0.05, 0.1) is 5.02 Å². The van der Waals surface area contributed by atoms with Gasteiger partial charge in [-0.2, -0.15) is 0 Å². The summed E-state index contributed by atoms with van der Waals surface area (Å²) in [6.45, 7) is 1.76. The summed E-state index contributed by atoms with van der Waals surface area (Å²) in [4.78, 5) is 14.9. The number of aromatic nitrogens is 1. The molecule has 1 heterocycles. The first-order chi connectivity index (χ1) is 9.11. The van der Waals surface area contributed by atoms with E-state index in [2.05, 4.69) is 4.98 Å². The van der Waals surface area contributed by atoms with Gasteiger partial charge in [-0.15, -0.1) is 0 Å². The molecule has 2 rings (SSSR count). The van der Waals surface area contributed by atoms with Gasteiger partial charge in [-0.3, -0.25) is 4.79 Å². The fourth-order valence-electron chi connectivity index (χ4n) is 1.59. The molecule has 5 heteroatoms. The van der Waals surface area contributed by atoms with Gasteiger partial charge in [0.1, 0.15) is 23.9 Å². The molecule has 98 valence electrons. The summed E-state index contributed by atoms with van der Waals surface area (Å²) >= 11 is 5.68. The highest BCUT2D eigenvalue weighted by atomic mass is 35.5. The molecule has 2 aromatic rings. The lowest BCUT2D eigenvalue weighted by atomic mass is 10.2. The van der Waals surface area contributed by atoms with Crippen LogP contribution in [0.15, 0.2) is 30.3 Å². The zero-order valence-electron chi connectivity index (χ0n) is 10.2. The second-order valence-electron chi connectivity index (χ2n) is 3.96. The molecule has 0 spiro atoms. The minimum atomic E-state index is -0.517. The molecule has 1 aromatic carbocycles. The lowest BCUT2D eigenvalue weighted by Gasteiger charge is -2.09. The van der Waals surface area contributed by atoms with Crippen LogP contribution in [0.1, 0.15) is 21.7 Å². The van der Waals surface area contributed by atoms with Crippen LogP contribution in [0.25, 0.3) is 0 Å². The van der Waals surface area contributed by atoms with Gasteiger partial charge >= 0.3 is 0 Å². The van der Waals surface area contributed by atoms with Crippen molar-refractivity contribution in [1.29, 1.82) is 0 Å². The first kappa shape index (κ1) is 13.5. The fraction of sp³-hybridized carbons (Fsp3) is 0.143. The maximum absolute atomic E-state index is 13.7. The van der Waals surface area contributed by atoms with Gasteiger partial charge in [0.25, 0.3) is 0 Å². The zero-order chi connectivity index (χ0) is 13.8. The number of carbonyl (C=O) groups is 1. The molecule has 0 radical (unpaired) electrons. The third-order valence-electron chi connectivity index (χ3n) is 2.55. The molecule has 19 heavy (non-hydrogen) atoms. The summed E-state index contributed by atoms with van der Waals surface area (Å²) in [6, 6.07) is 8.03. The van der Waals surface area contributed by atoms with Crippen molar-refractivity contribution >= 4 is 17.9 Å². The molecular weight excluding hydrogens is 269 g/mol. The van der Waals surface area contributed by atoms with E-state index >= 15 is 0 Å². The van der Waals surface area contributed by atoms with Gasteiger partial charge in [-0.25, -0.2) is 9.37 Å². The number of aryl methyl sites for hydroxylation is 1. The van der Waals surface area contributed by atoms with Crippen molar-refractivity contribution in [2.45, 2.75) is 13.5 Å². The van der Waals surface area contributed by atoms with E-state index in [0.29, 0.717) is 23.3 Å².